The molecule has 3 heterocycles. The van der Waals surface area contributed by atoms with Gasteiger partial charge in [-0.15, -0.1) is 0 Å². The largest absolute Gasteiger partial charge is 0.478 e. The van der Waals surface area contributed by atoms with Crippen LogP contribution >= 0.6 is 0 Å². The number of nitrogens with zero attached hydrogens (tertiary/aromatic N) is 6. The van der Waals surface area contributed by atoms with Crippen LogP contribution in [0.3, 0.4) is 0 Å². The molecule has 0 aliphatic carbocycles. The van der Waals surface area contributed by atoms with Crippen LogP contribution < -0.4 is 5.32 Å². The Morgan fingerprint density at radius 2 is 1.86 bits per heavy atom. The molecule has 3 aromatic rings. The van der Waals surface area contributed by atoms with Crippen LogP contribution in [0, 0.1) is 20.8 Å². The van der Waals surface area contributed by atoms with Crippen molar-refractivity contribution in [2.24, 2.45) is 0 Å². The van der Waals surface area contributed by atoms with Gasteiger partial charge in [0.15, 0.2) is 0 Å². The summed E-state index contributed by atoms with van der Waals surface area (Å²) in [5.74, 6) is -1.38. The van der Waals surface area contributed by atoms with Crippen molar-refractivity contribution in [3.63, 3.8) is 0 Å². The normalized spacial score (nSPS) is 12.2. The zero-order valence-electron chi connectivity index (χ0n) is 17.2. The van der Waals surface area contributed by atoms with Gasteiger partial charge < -0.3 is 10.4 Å². The Labute approximate surface area is 168 Å². The average molecular weight is 399 g/mol. The molecule has 0 spiro atoms. The lowest BCUT2D eigenvalue weighted by molar-refractivity contribution is -0.119. The van der Waals surface area contributed by atoms with Crippen LogP contribution in [0.1, 0.15) is 52.9 Å². The second-order valence-electron chi connectivity index (χ2n) is 6.95. The van der Waals surface area contributed by atoms with Crippen LogP contribution in [-0.4, -0.2) is 46.3 Å². The maximum atomic E-state index is 12.7. The number of amides is 1. The Morgan fingerprint density at radius 3 is 2.45 bits per heavy atom. The first-order valence-corrected chi connectivity index (χ1v) is 9.36. The van der Waals surface area contributed by atoms with Crippen molar-refractivity contribution in [3.8, 4) is 0 Å². The molecule has 0 saturated heterocycles. The first kappa shape index (κ1) is 20.3. The minimum absolute atomic E-state index is 0.0350. The number of carboxylic acid groups (broad SMARTS) is 1. The van der Waals surface area contributed by atoms with Crippen LogP contribution in [0.25, 0.3) is 0 Å². The monoisotopic (exact) mass is 399 g/mol. The molecule has 0 fully saturated rings. The van der Waals surface area contributed by atoms with Gasteiger partial charge in [-0.05, 0) is 34.6 Å². The van der Waals surface area contributed by atoms with Crippen LogP contribution in [0.15, 0.2) is 18.6 Å². The van der Waals surface area contributed by atoms with E-state index in [9.17, 15) is 9.59 Å². The molecule has 2 N–H and O–H groups in total. The standard InChI is InChI=1S/C19H25N7O3/c1-6-24-12(3)15(7-20-24)9-26-13(4)17(11(2)23-26)22-18(27)14(5)25-10-16(8-21-25)19(28)29/h7-8,10,14H,6,9H2,1-5H3,(H,22,27)(H,28,29). The number of carbonyl (C=O) groups excluding carboxylic acids is 1. The molecule has 1 amide bonds. The number of nitrogens with one attached hydrogen (secondary N) is 1. The average Bonchev–Trinajstić information content (AvgIpc) is 3.37. The summed E-state index contributed by atoms with van der Waals surface area (Å²) in [4.78, 5) is 23.7. The topological polar surface area (TPSA) is 120 Å². The van der Waals surface area contributed by atoms with Crippen molar-refractivity contribution in [3.05, 3.63) is 46.8 Å². The highest BCUT2D eigenvalue weighted by molar-refractivity contribution is 5.94. The summed E-state index contributed by atoms with van der Waals surface area (Å²) in [5, 5.41) is 24.8. The highest BCUT2D eigenvalue weighted by Gasteiger charge is 2.21. The van der Waals surface area contributed by atoms with E-state index in [4.69, 9.17) is 5.11 Å². The molecule has 0 saturated carbocycles. The van der Waals surface area contributed by atoms with Gasteiger partial charge >= 0.3 is 5.97 Å². The SMILES string of the molecule is CCn1ncc(Cn2nc(C)c(NC(=O)C(C)n3cc(C(=O)O)cn3)c2C)c1C. The predicted molar refractivity (Wildman–Crippen MR) is 106 cm³/mol. The van der Waals surface area contributed by atoms with E-state index in [1.807, 2.05) is 43.3 Å². The lowest BCUT2D eigenvalue weighted by Crippen LogP contribution is -2.24. The third kappa shape index (κ3) is 3.91. The second kappa shape index (κ2) is 7.90. The third-order valence-electron chi connectivity index (χ3n) is 5.08. The van der Waals surface area contributed by atoms with Crippen LogP contribution in [0.5, 0.6) is 0 Å². The summed E-state index contributed by atoms with van der Waals surface area (Å²) in [6.45, 7) is 10.8. The van der Waals surface area contributed by atoms with E-state index in [0.29, 0.717) is 17.9 Å². The molecule has 3 aromatic heterocycles. The maximum Gasteiger partial charge on any atom is 0.338 e. The highest BCUT2D eigenvalue weighted by atomic mass is 16.4. The summed E-state index contributed by atoms with van der Waals surface area (Å²) in [7, 11) is 0. The Bertz CT molecular complexity index is 1060. The fourth-order valence-electron chi connectivity index (χ4n) is 3.16. The molecule has 0 aromatic carbocycles. The van der Waals surface area contributed by atoms with Crippen molar-refractivity contribution in [2.75, 3.05) is 5.32 Å². The minimum Gasteiger partial charge on any atom is -0.478 e. The van der Waals surface area contributed by atoms with E-state index in [1.165, 1.54) is 17.1 Å². The Balaban J connectivity index is 1.77. The number of anilines is 1. The van der Waals surface area contributed by atoms with Gasteiger partial charge in [-0.25, -0.2) is 4.79 Å². The molecule has 0 bridgehead atoms. The number of hydrogen-bond acceptors (Lipinski definition) is 5. The maximum absolute atomic E-state index is 12.7. The number of aryl methyl sites for hydroxylation is 2. The smallest absolute Gasteiger partial charge is 0.338 e. The number of hydrogen-bond donors (Lipinski definition) is 2. The Morgan fingerprint density at radius 1 is 1.14 bits per heavy atom. The van der Waals surface area contributed by atoms with Gasteiger partial charge in [-0.1, -0.05) is 0 Å². The van der Waals surface area contributed by atoms with Crippen LogP contribution in [0.2, 0.25) is 0 Å². The van der Waals surface area contributed by atoms with Gasteiger partial charge in [-0.2, -0.15) is 15.3 Å². The molecular formula is C19H25N7O3. The zero-order chi connectivity index (χ0) is 21.3. The van der Waals surface area contributed by atoms with Gasteiger partial charge in [0.2, 0.25) is 5.91 Å². The summed E-state index contributed by atoms with van der Waals surface area (Å²) in [5.41, 5.74) is 4.38. The molecule has 0 aliphatic rings. The van der Waals surface area contributed by atoms with Crippen LogP contribution in [0.4, 0.5) is 5.69 Å². The van der Waals surface area contributed by atoms with E-state index >= 15 is 0 Å². The van der Waals surface area contributed by atoms with Gasteiger partial charge in [0.1, 0.15) is 6.04 Å². The molecule has 3 rings (SSSR count). The fraction of sp³-hybridized carbons (Fsp3) is 0.421. The summed E-state index contributed by atoms with van der Waals surface area (Å²) in [6.07, 6.45) is 4.40. The van der Waals surface area contributed by atoms with Crippen molar-refractivity contribution in [2.45, 2.75) is 53.8 Å². The molecule has 10 nitrogen and oxygen atoms in total. The van der Waals surface area contributed by atoms with Gasteiger partial charge in [-0.3, -0.25) is 18.8 Å². The quantitative estimate of drug-likeness (QED) is 0.628. The molecule has 0 radical (unpaired) electrons. The Kier molecular flexibility index (Phi) is 5.53. The number of carbonyl (C=O) groups is 2. The van der Waals surface area contributed by atoms with E-state index in [0.717, 1.165) is 23.5 Å². The molecule has 1 atom stereocenters. The molecule has 154 valence electrons. The summed E-state index contributed by atoms with van der Waals surface area (Å²) >= 11 is 0. The number of aromatic nitrogens is 6. The van der Waals surface area contributed by atoms with Gasteiger partial charge in [0.05, 0.1) is 41.6 Å². The van der Waals surface area contributed by atoms with Crippen molar-refractivity contribution in [1.29, 1.82) is 0 Å². The summed E-state index contributed by atoms with van der Waals surface area (Å²) in [6, 6.07) is -0.671. The first-order chi connectivity index (χ1) is 13.7. The number of rotatable bonds is 7. The molecule has 1 unspecified atom stereocenters. The molecule has 10 heteroatoms. The fourth-order valence-corrected chi connectivity index (χ4v) is 3.16. The predicted octanol–water partition coefficient (Wildman–Crippen LogP) is 2.17. The Hall–Kier alpha value is -3.43. The van der Waals surface area contributed by atoms with Crippen molar-refractivity contribution >= 4 is 17.6 Å². The lowest BCUT2D eigenvalue weighted by atomic mass is 10.2. The van der Waals surface area contributed by atoms with E-state index in [1.54, 1.807) is 6.92 Å². The van der Waals surface area contributed by atoms with Crippen molar-refractivity contribution < 1.29 is 14.7 Å². The zero-order valence-corrected chi connectivity index (χ0v) is 17.2. The third-order valence-corrected chi connectivity index (χ3v) is 5.08. The second-order valence-corrected chi connectivity index (χ2v) is 6.95. The highest BCUT2D eigenvalue weighted by Crippen LogP contribution is 2.22. The van der Waals surface area contributed by atoms with E-state index in [-0.39, 0.29) is 11.5 Å². The molecule has 29 heavy (non-hydrogen) atoms. The van der Waals surface area contributed by atoms with Crippen molar-refractivity contribution in [1.82, 2.24) is 29.3 Å². The van der Waals surface area contributed by atoms with Gasteiger partial charge in [0, 0.05) is 24.0 Å². The number of aromatic carboxylic acids is 1. The minimum atomic E-state index is -1.08. The van der Waals surface area contributed by atoms with Crippen LogP contribution in [-0.2, 0) is 17.9 Å². The van der Waals surface area contributed by atoms with Gasteiger partial charge in [0.25, 0.3) is 0 Å². The number of carboxylic acids is 1. The van der Waals surface area contributed by atoms with E-state index in [2.05, 4.69) is 20.6 Å². The summed E-state index contributed by atoms with van der Waals surface area (Å²) < 4.78 is 5.10. The molecule has 0 aliphatic heterocycles. The van der Waals surface area contributed by atoms with E-state index < -0.39 is 12.0 Å². The molecular weight excluding hydrogens is 374 g/mol. The lowest BCUT2D eigenvalue weighted by Gasteiger charge is -2.13. The first-order valence-electron chi connectivity index (χ1n) is 9.36.